The van der Waals surface area contributed by atoms with Crippen molar-refractivity contribution in [2.75, 3.05) is 26.2 Å². The minimum atomic E-state index is -1.28. The molecule has 1 rings (SSSR count). The maximum atomic E-state index is 10.8. The fourth-order valence-electron chi connectivity index (χ4n) is 2.50. The quantitative estimate of drug-likeness (QED) is 0.235. The highest BCUT2D eigenvalue weighted by Crippen LogP contribution is 2.34. The molecule has 0 saturated heterocycles. The molecule has 0 atom stereocenters. The van der Waals surface area contributed by atoms with E-state index in [0.717, 1.165) is 9.80 Å². The van der Waals surface area contributed by atoms with Crippen LogP contribution in [0.2, 0.25) is 0 Å². The Kier molecular flexibility index (Phi) is 8.16. The van der Waals surface area contributed by atoms with Gasteiger partial charge in [0, 0.05) is 24.2 Å². The summed E-state index contributed by atoms with van der Waals surface area (Å²) in [4.78, 5) is 45.4. The number of hydrogen-bond acceptors (Lipinski definition) is 8. The zero-order chi connectivity index (χ0) is 21.4. The summed E-state index contributed by atoms with van der Waals surface area (Å²) in [5.41, 5.74) is 0.0959. The normalized spacial score (nSPS) is 10.9. The highest BCUT2D eigenvalue weighted by molar-refractivity contribution is 5.73. The second-order valence-corrected chi connectivity index (χ2v) is 5.95. The van der Waals surface area contributed by atoms with Gasteiger partial charge in [-0.3, -0.25) is 29.0 Å². The molecule has 0 spiro atoms. The molecule has 0 aromatic heterocycles. The van der Waals surface area contributed by atoms with E-state index < -0.39 is 61.6 Å². The highest BCUT2D eigenvalue weighted by atomic mass is 16.4. The van der Waals surface area contributed by atoms with Gasteiger partial charge < -0.3 is 30.6 Å². The van der Waals surface area contributed by atoms with Gasteiger partial charge >= 0.3 is 23.9 Å². The Morgan fingerprint density at radius 1 is 0.607 bits per heavy atom. The van der Waals surface area contributed by atoms with Crippen LogP contribution in [-0.2, 0) is 32.3 Å². The lowest BCUT2D eigenvalue weighted by Gasteiger charge is -2.21. The van der Waals surface area contributed by atoms with E-state index in [9.17, 15) is 29.4 Å². The lowest BCUT2D eigenvalue weighted by atomic mass is 10.1. The van der Waals surface area contributed by atoms with Crippen LogP contribution < -0.4 is 0 Å². The van der Waals surface area contributed by atoms with Gasteiger partial charge in [0.15, 0.2) is 11.5 Å². The van der Waals surface area contributed by atoms with Crippen molar-refractivity contribution in [3.05, 3.63) is 23.3 Å². The van der Waals surface area contributed by atoms with Crippen LogP contribution in [0.15, 0.2) is 12.1 Å². The third-order valence-electron chi connectivity index (χ3n) is 3.54. The second-order valence-electron chi connectivity index (χ2n) is 5.95. The average Bonchev–Trinajstić information content (AvgIpc) is 2.52. The molecule has 0 fully saturated rings. The van der Waals surface area contributed by atoms with Gasteiger partial charge in [-0.2, -0.15) is 0 Å². The third-order valence-corrected chi connectivity index (χ3v) is 3.54. The molecule has 0 bridgehead atoms. The number of carboxylic acid groups (broad SMARTS) is 4. The Morgan fingerprint density at radius 3 is 1.07 bits per heavy atom. The molecule has 12 nitrogen and oxygen atoms in total. The lowest BCUT2D eigenvalue weighted by Crippen LogP contribution is -2.34. The van der Waals surface area contributed by atoms with Gasteiger partial charge in [-0.25, -0.2) is 0 Å². The number of carbonyl (C=O) groups is 4. The van der Waals surface area contributed by atoms with Crippen LogP contribution >= 0.6 is 0 Å². The Morgan fingerprint density at radius 2 is 0.857 bits per heavy atom. The Labute approximate surface area is 158 Å². The van der Waals surface area contributed by atoms with Crippen LogP contribution in [0, 0.1) is 0 Å². The largest absolute Gasteiger partial charge is 0.504 e. The first-order chi connectivity index (χ1) is 13.0. The summed E-state index contributed by atoms with van der Waals surface area (Å²) >= 11 is 0. The maximum Gasteiger partial charge on any atom is 0.317 e. The standard InChI is InChI=1S/C16H20N2O10/c19-11(20)5-17(6-12(21)22)3-9-1-2-10(16(28)15(9)27)4-18(7-13(23)24)8-14(25)26/h1-2,27-28H,3-8H2,(H,19,20)(H,21,22)(H,23,24)(H,25,26). The van der Waals surface area contributed by atoms with Crippen molar-refractivity contribution in [2.24, 2.45) is 0 Å². The van der Waals surface area contributed by atoms with E-state index in [1.54, 1.807) is 0 Å². The molecular weight excluding hydrogens is 380 g/mol. The van der Waals surface area contributed by atoms with Gasteiger partial charge in [0.1, 0.15) is 0 Å². The fraction of sp³-hybridized carbons (Fsp3) is 0.375. The highest BCUT2D eigenvalue weighted by Gasteiger charge is 2.21. The summed E-state index contributed by atoms with van der Waals surface area (Å²) in [6.45, 7) is -3.02. The van der Waals surface area contributed by atoms with Crippen LogP contribution in [0.5, 0.6) is 11.5 Å². The molecule has 0 unspecified atom stereocenters. The van der Waals surface area contributed by atoms with Crippen LogP contribution in [0.1, 0.15) is 11.1 Å². The number of aliphatic carboxylic acids is 4. The molecule has 12 heteroatoms. The molecule has 1 aromatic carbocycles. The number of hydrogen-bond donors (Lipinski definition) is 6. The lowest BCUT2D eigenvalue weighted by molar-refractivity contribution is -0.144. The summed E-state index contributed by atoms with van der Waals surface area (Å²) in [6, 6.07) is 2.61. The first kappa shape index (κ1) is 22.7. The molecule has 1 aromatic rings. The zero-order valence-corrected chi connectivity index (χ0v) is 14.6. The maximum absolute atomic E-state index is 10.8. The van der Waals surface area contributed by atoms with E-state index in [2.05, 4.69) is 0 Å². The van der Waals surface area contributed by atoms with E-state index in [4.69, 9.17) is 20.4 Å². The summed E-state index contributed by atoms with van der Waals surface area (Å²) in [5.74, 6) is -6.38. The predicted octanol–water partition coefficient (Wildman–Crippen LogP) is -0.960. The van der Waals surface area contributed by atoms with Gasteiger partial charge in [-0.05, 0) is 0 Å². The summed E-state index contributed by atoms with van der Waals surface area (Å²) in [7, 11) is 0. The van der Waals surface area contributed by atoms with Crippen molar-refractivity contribution >= 4 is 23.9 Å². The average molecular weight is 400 g/mol. The number of benzene rings is 1. The van der Waals surface area contributed by atoms with Gasteiger partial charge in [0.25, 0.3) is 0 Å². The number of rotatable bonds is 12. The Hall–Kier alpha value is -3.38. The molecule has 0 heterocycles. The van der Waals surface area contributed by atoms with Crippen molar-refractivity contribution in [3.63, 3.8) is 0 Å². The van der Waals surface area contributed by atoms with Crippen molar-refractivity contribution in [1.82, 2.24) is 9.80 Å². The number of aromatic hydroxyl groups is 2. The van der Waals surface area contributed by atoms with Crippen molar-refractivity contribution in [3.8, 4) is 11.5 Å². The molecular formula is C16H20N2O10. The van der Waals surface area contributed by atoms with E-state index in [1.807, 2.05) is 0 Å². The molecule has 0 amide bonds. The predicted molar refractivity (Wildman–Crippen MR) is 90.9 cm³/mol. The van der Waals surface area contributed by atoms with Crippen molar-refractivity contribution < 1.29 is 49.8 Å². The Balaban J connectivity index is 3.04. The Bertz CT molecular complexity index is 669. The van der Waals surface area contributed by atoms with Gasteiger partial charge in [-0.15, -0.1) is 0 Å². The smallest absolute Gasteiger partial charge is 0.317 e. The monoisotopic (exact) mass is 400 g/mol. The van der Waals surface area contributed by atoms with Gasteiger partial charge in [0.05, 0.1) is 26.2 Å². The zero-order valence-electron chi connectivity index (χ0n) is 14.6. The molecule has 154 valence electrons. The SMILES string of the molecule is O=C(O)CN(CC(=O)O)Cc1ccc(CN(CC(=O)O)CC(=O)O)c(O)c1O. The molecule has 0 radical (unpaired) electrons. The van der Waals surface area contributed by atoms with E-state index in [0.29, 0.717) is 0 Å². The van der Waals surface area contributed by atoms with Crippen LogP contribution in [-0.4, -0.2) is 90.5 Å². The van der Waals surface area contributed by atoms with Crippen molar-refractivity contribution in [1.29, 1.82) is 0 Å². The first-order valence-electron chi connectivity index (χ1n) is 7.84. The van der Waals surface area contributed by atoms with E-state index >= 15 is 0 Å². The molecule has 0 aliphatic rings. The van der Waals surface area contributed by atoms with E-state index in [-0.39, 0.29) is 24.2 Å². The van der Waals surface area contributed by atoms with Gasteiger partial charge in [-0.1, -0.05) is 12.1 Å². The first-order valence-corrected chi connectivity index (χ1v) is 7.84. The molecule has 0 saturated carbocycles. The van der Waals surface area contributed by atoms with Gasteiger partial charge in [0.2, 0.25) is 0 Å². The topological polar surface area (TPSA) is 196 Å². The number of phenols is 2. The van der Waals surface area contributed by atoms with Crippen LogP contribution in [0.3, 0.4) is 0 Å². The van der Waals surface area contributed by atoms with Crippen LogP contribution in [0.25, 0.3) is 0 Å². The summed E-state index contributed by atoms with van der Waals surface area (Å²) in [5, 5.41) is 55.7. The van der Waals surface area contributed by atoms with E-state index in [1.165, 1.54) is 12.1 Å². The second kappa shape index (κ2) is 10.1. The number of carboxylic acids is 4. The summed E-state index contributed by atoms with van der Waals surface area (Å²) < 4.78 is 0. The number of nitrogens with zero attached hydrogens (tertiary/aromatic N) is 2. The molecule has 28 heavy (non-hydrogen) atoms. The minimum absolute atomic E-state index is 0.0479. The molecule has 0 aliphatic heterocycles. The molecule has 0 aliphatic carbocycles. The minimum Gasteiger partial charge on any atom is -0.504 e. The fourth-order valence-corrected chi connectivity index (χ4v) is 2.50. The van der Waals surface area contributed by atoms with Crippen LogP contribution in [0.4, 0.5) is 0 Å². The third kappa shape index (κ3) is 7.47. The molecule has 6 N–H and O–H groups in total. The summed E-state index contributed by atoms with van der Waals surface area (Å²) in [6.07, 6.45) is 0. The number of phenolic OH excluding ortho intramolecular Hbond substituents is 2. The van der Waals surface area contributed by atoms with Crippen molar-refractivity contribution in [2.45, 2.75) is 13.1 Å².